The van der Waals surface area contributed by atoms with Crippen molar-refractivity contribution in [3.8, 4) is 0 Å². The van der Waals surface area contributed by atoms with E-state index in [0.717, 1.165) is 12.8 Å². The summed E-state index contributed by atoms with van der Waals surface area (Å²) >= 11 is 0. The molecule has 0 rings (SSSR count). The Morgan fingerprint density at radius 3 is 2.29 bits per heavy atom. The van der Waals surface area contributed by atoms with Crippen molar-refractivity contribution in [3.05, 3.63) is 0 Å². The summed E-state index contributed by atoms with van der Waals surface area (Å²) in [6.07, 6.45) is 11.0. The molecular formula is C14H28N2O. The molecule has 0 radical (unpaired) electrons. The van der Waals surface area contributed by atoms with Gasteiger partial charge in [-0.1, -0.05) is 59.3 Å². The Bertz CT molecular complexity index is 212. The van der Waals surface area contributed by atoms with Gasteiger partial charge in [0.15, 0.2) is 0 Å². The van der Waals surface area contributed by atoms with Crippen LogP contribution in [0.5, 0.6) is 0 Å². The highest BCUT2D eigenvalue weighted by atomic mass is 16.2. The van der Waals surface area contributed by atoms with Crippen LogP contribution in [-0.2, 0) is 4.79 Å². The molecule has 3 nitrogen and oxygen atoms in total. The minimum Gasteiger partial charge on any atom is -0.273 e. The summed E-state index contributed by atoms with van der Waals surface area (Å²) < 4.78 is 0. The van der Waals surface area contributed by atoms with Gasteiger partial charge < -0.3 is 0 Å². The molecule has 0 aliphatic rings. The molecule has 3 heteroatoms. The number of rotatable bonds is 10. The van der Waals surface area contributed by atoms with Crippen molar-refractivity contribution in [1.29, 1.82) is 0 Å². The highest BCUT2D eigenvalue weighted by Crippen LogP contribution is 2.08. The average molecular weight is 240 g/mol. The standard InChI is InChI=1S/C14H28N2O/c1-4-5-6-7-8-9-10-11-14(17)16-15-12-13(2)3/h12-13H,4-11H2,1-3H3,(H,16,17). The molecule has 0 spiro atoms. The van der Waals surface area contributed by atoms with Crippen molar-refractivity contribution in [2.75, 3.05) is 0 Å². The number of hydrogen-bond acceptors (Lipinski definition) is 2. The number of unbranched alkanes of at least 4 members (excludes halogenated alkanes) is 6. The fourth-order valence-corrected chi connectivity index (χ4v) is 1.56. The van der Waals surface area contributed by atoms with E-state index in [1.54, 1.807) is 6.21 Å². The van der Waals surface area contributed by atoms with E-state index in [1.165, 1.54) is 32.1 Å². The van der Waals surface area contributed by atoms with Crippen molar-refractivity contribution in [2.45, 2.75) is 72.1 Å². The fourth-order valence-electron chi connectivity index (χ4n) is 1.56. The van der Waals surface area contributed by atoms with Crippen LogP contribution in [0.15, 0.2) is 5.10 Å². The Hall–Kier alpha value is -0.860. The van der Waals surface area contributed by atoms with Gasteiger partial charge in [-0.2, -0.15) is 5.10 Å². The topological polar surface area (TPSA) is 41.5 Å². The molecule has 0 aliphatic heterocycles. The Kier molecular flexibility index (Phi) is 11.0. The highest BCUT2D eigenvalue weighted by Gasteiger charge is 1.99. The first-order chi connectivity index (χ1) is 8.16. The van der Waals surface area contributed by atoms with E-state index in [0.29, 0.717) is 12.3 Å². The Balaban J connectivity index is 3.28. The number of carbonyl (C=O) groups is 1. The van der Waals surface area contributed by atoms with Crippen LogP contribution in [0.3, 0.4) is 0 Å². The Labute approximate surface area is 106 Å². The van der Waals surface area contributed by atoms with Crippen molar-refractivity contribution < 1.29 is 4.79 Å². The van der Waals surface area contributed by atoms with Gasteiger partial charge in [-0.25, -0.2) is 5.43 Å². The number of hydrogen-bond donors (Lipinski definition) is 1. The average Bonchev–Trinajstić information content (AvgIpc) is 2.27. The maximum Gasteiger partial charge on any atom is 0.240 e. The van der Waals surface area contributed by atoms with Gasteiger partial charge in [0, 0.05) is 12.6 Å². The lowest BCUT2D eigenvalue weighted by Crippen LogP contribution is -2.17. The monoisotopic (exact) mass is 240 g/mol. The summed E-state index contributed by atoms with van der Waals surface area (Å²) in [5.41, 5.74) is 2.56. The van der Waals surface area contributed by atoms with E-state index in [2.05, 4.69) is 17.5 Å². The second kappa shape index (κ2) is 11.6. The number of nitrogens with one attached hydrogen (secondary N) is 1. The molecule has 0 aromatic carbocycles. The van der Waals surface area contributed by atoms with Crippen molar-refractivity contribution in [2.24, 2.45) is 11.0 Å². The third-order valence-electron chi connectivity index (χ3n) is 2.57. The lowest BCUT2D eigenvalue weighted by Gasteiger charge is -2.01. The molecule has 0 heterocycles. The predicted molar refractivity (Wildman–Crippen MR) is 74.1 cm³/mol. The van der Waals surface area contributed by atoms with E-state index in [1.807, 2.05) is 13.8 Å². The zero-order valence-electron chi connectivity index (χ0n) is 11.7. The summed E-state index contributed by atoms with van der Waals surface area (Å²) in [4.78, 5) is 11.3. The number of carbonyl (C=O) groups excluding carboxylic acids is 1. The Morgan fingerprint density at radius 1 is 1.12 bits per heavy atom. The molecule has 0 unspecified atom stereocenters. The second-order valence-corrected chi connectivity index (χ2v) is 4.93. The SMILES string of the molecule is CCCCCCCCCC(=O)NN=CC(C)C. The smallest absolute Gasteiger partial charge is 0.240 e. The van der Waals surface area contributed by atoms with E-state index < -0.39 is 0 Å². The summed E-state index contributed by atoms with van der Waals surface area (Å²) in [6.45, 7) is 6.29. The molecule has 0 atom stereocenters. The quantitative estimate of drug-likeness (QED) is 0.351. The van der Waals surface area contributed by atoms with Crippen molar-refractivity contribution in [1.82, 2.24) is 5.43 Å². The van der Waals surface area contributed by atoms with Gasteiger partial charge >= 0.3 is 0 Å². The molecular weight excluding hydrogens is 212 g/mol. The largest absolute Gasteiger partial charge is 0.273 e. The van der Waals surface area contributed by atoms with Crippen LogP contribution < -0.4 is 5.43 Å². The minimum atomic E-state index is 0.0375. The predicted octanol–water partition coefficient (Wildman–Crippen LogP) is 3.89. The zero-order chi connectivity index (χ0) is 12.9. The first kappa shape index (κ1) is 16.1. The van der Waals surface area contributed by atoms with Crippen LogP contribution in [0, 0.1) is 5.92 Å². The van der Waals surface area contributed by atoms with Crippen molar-refractivity contribution in [3.63, 3.8) is 0 Å². The van der Waals surface area contributed by atoms with Gasteiger partial charge in [0.25, 0.3) is 0 Å². The third kappa shape index (κ3) is 13.1. The third-order valence-corrected chi connectivity index (χ3v) is 2.57. The lowest BCUT2D eigenvalue weighted by atomic mass is 10.1. The normalized spacial score (nSPS) is 11.3. The molecule has 100 valence electrons. The molecule has 0 fully saturated rings. The summed E-state index contributed by atoms with van der Waals surface area (Å²) in [5.74, 6) is 0.421. The van der Waals surface area contributed by atoms with Crippen LogP contribution in [0.25, 0.3) is 0 Å². The summed E-state index contributed by atoms with van der Waals surface area (Å²) in [6, 6.07) is 0. The molecule has 0 aromatic heterocycles. The van der Waals surface area contributed by atoms with E-state index in [-0.39, 0.29) is 5.91 Å². The van der Waals surface area contributed by atoms with Crippen LogP contribution in [0.1, 0.15) is 72.1 Å². The number of hydrazone groups is 1. The molecule has 0 aliphatic carbocycles. The maximum absolute atomic E-state index is 11.3. The molecule has 0 saturated heterocycles. The van der Waals surface area contributed by atoms with E-state index in [4.69, 9.17) is 0 Å². The molecule has 1 amide bonds. The molecule has 17 heavy (non-hydrogen) atoms. The number of nitrogens with zero attached hydrogens (tertiary/aromatic N) is 1. The van der Waals surface area contributed by atoms with Gasteiger partial charge in [-0.05, 0) is 12.3 Å². The van der Waals surface area contributed by atoms with Gasteiger partial charge in [0.1, 0.15) is 0 Å². The molecule has 0 bridgehead atoms. The second-order valence-electron chi connectivity index (χ2n) is 4.93. The van der Waals surface area contributed by atoms with Gasteiger partial charge in [0.2, 0.25) is 5.91 Å². The fraction of sp³-hybridized carbons (Fsp3) is 0.857. The van der Waals surface area contributed by atoms with Crippen LogP contribution in [0.2, 0.25) is 0 Å². The van der Waals surface area contributed by atoms with Crippen molar-refractivity contribution >= 4 is 12.1 Å². The number of amides is 1. The van der Waals surface area contributed by atoms with Gasteiger partial charge in [0.05, 0.1) is 0 Å². The first-order valence-corrected chi connectivity index (χ1v) is 6.98. The first-order valence-electron chi connectivity index (χ1n) is 6.98. The molecule has 0 aromatic rings. The zero-order valence-corrected chi connectivity index (χ0v) is 11.7. The molecule has 1 N–H and O–H groups in total. The summed E-state index contributed by atoms with van der Waals surface area (Å²) in [5, 5.41) is 3.89. The van der Waals surface area contributed by atoms with E-state index >= 15 is 0 Å². The van der Waals surface area contributed by atoms with Crippen LogP contribution in [0.4, 0.5) is 0 Å². The van der Waals surface area contributed by atoms with Gasteiger partial charge in [-0.15, -0.1) is 0 Å². The lowest BCUT2D eigenvalue weighted by molar-refractivity contribution is -0.121. The van der Waals surface area contributed by atoms with Crippen LogP contribution >= 0.6 is 0 Å². The molecule has 0 saturated carbocycles. The maximum atomic E-state index is 11.3. The minimum absolute atomic E-state index is 0.0375. The summed E-state index contributed by atoms with van der Waals surface area (Å²) in [7, 11) is 0. The van der Waals surface area contributed by atoms with E-state index in [9.17, 15) is 4.79 Å². The Morgan fingerprint density at radius 2 is 1.71 bits per heavy atom. The van der Waals surface area contributed by atoms with Crippen LogP contribution in [-0.4, -0.2) is 12.1 Å². The van der Waals surface area contributed by atoms with Gasteiger partial charge in [-0.3, -0.25) is 4.79 Å². The highest BCUT2D eigenvalue weighted by molar-refractivity contribution is 5.76.